The van der Waals surface area contributed by atoms with E-state index in [1.807, 2.05) is 0 Å². The van der Waals surface area contributed by atoms with E-state index >= 15 is 0 Å². The van der Waals surface area contributed by atoms with Crippen molar-refractivity contribution in [1.82, 2.24) is 9.88 Å². The smallest absolute Gasteiger partial charge is 0.251 e. The summed E-state index contributed by atoms with van der Waals surface area (Å²) in [4.78, 5) is 22.1. The highest BCUT2D eigenvalue weighted by atomic mass is 16.2. The second-order valence-electron chi connectivity index (χ2n) is 2.60. The summed E-state index contributed by atoms with van der Waals surface area (Å²) in [5, 5.41) is 2.42. The zero-order valence-electron chi connectivity index (χ0n) is 7.28. The zero-order valence-corrected chi connectivity index (χ0v) is 7.28. The average molecular weight is 181 g/mol. The lowest BCUT2D eigenvalue weighted by molar-refractivity contribution is -0.121. The number of carbonyl (C=O) groups excluding carboxylic acids is 1. The van der Waals surface area contributed by atoms with Gasteiger partial charge in [-0.2, -0.15) is 0 Å². The monoisotopic (exact) mass is 181 g/mol. The third kappa shape index (κ3) is 2.33. The number of likely N-dealkylation sites (N-methyl/N-ethyl adjacent to an activating group) is 1. The molecule has 0 bridgehead atoms. The number of nitrogens with one attached hydrogen (secondary N) is 1. The van der Waals surface area contributed by atoms with E-state index < -0.39 is 0 Å². The maximum atomic E-state index is 11.2. The Morgan fingerprint density at radius 2 is 2.31 bits per heavy atom. The third-order valence-corrected chi connectivity index (χ3v) is 1.60. The van der Waals surface area contributed by atoms with Gasteiger partial charge in [-0.15, -0.1) is 0 Å². The standard InChI is InChI=1S/C8H11N3O2/c1-10-7(12)5-11-4-6(9)2-3-8(11)13/h2-4H,5,9H2,1H3,(H,10,12). The van der Waals surface area contributed by atoms with Crippen molar-refractivity contribution in [2.24, 2.45) is 0 Å². The number of carbonyl (C=O) groups is 1. The summed E-state index contributed by atoms with van der Waals surface area (Å²) in [5.41, 5.74) is 5.68. The molecule has 3 N–H and O–H groups in total. The van der Waals surface area contributed by atoms with E-state index in [9.17, 15) is 9.59 Å². The molecule has 0 aliphatic carbocycles. The van der Waals surface area contributed by atoms with Crippen molar-refractivity contribution in [3.8, 4) is 0 Å². The lowest BCUT2D eigenvalue weighted by Crippen LogP contribution is -2.29. The third-order valence-electron chi connectivity index (χ3n) is 1.60. The van der Waals surface area contributed by atoms with Crippen LogP contribution in [-0.4, -0.2) is 17.5 Å². The summed E-state index contributed by atoms with van der Waals surface area (Å²) in [6, 6.07) is 2.83. The summed E-state index contributed by atoms with van der Waals surface area (Å²) >= 11 is 0. The Hall–Kier alpha value is -1.78. The zero-order chi connectivity index (χ0) is 9.84. The molecule has 0 unspecified atom stereocenters. The van der Waals surface area contributed by atoms with E-state index in [0.29, 0.717) is 5.69 Å². The predicted molar refractivity (Wildman–Crippen MR) is 49.2 cm³/mol. The number of nitrogens with two attached hydrogens (primary N) is 1. The van der Waals surface area contributed by atoms with Gasteiger partial charge in [-0.05, 0) is 6.07 Å². The highest BCUT2D eigenvalue weighted by molar-refractivity contribution is 5.75. The van der Waals surface area contributed by atoms with Crippen LogP contribution < -0.4 is 16.6 Å². The molecule has 0 atom stereocenters. The lowest BCUT2D eigenvalue weighted by Gasteiger charge is -2.04. The van der Waals surface area contributed by atoms with E-state index in [2.05, 4.69) is 5.32 Å². The Morgan fingerprint density at radius 3 is 2.92 bits per heavy atom. The number of rotatable bonds is 2. The predicted octanol–water partition coefficient (Wildman–Crippen LogP) is -0.824. The number of hydrogen-bond acceptors (Lipinski definition) is 3. The van der Waals surface area contributed by atoms with Crippen molar-refractivity contribution in [1.29, 1.82) is 0 Å². The largest absolute Gasteiger partial charge is 0.398 e. The first-order valence-corrected chi connectivity index (χ1v) is 3.80. The quantitative estimate of drug-likeness (QED) is 0.625. The Bertz CT molecular complexity index is 370. The van der Waals surface area contributed by atoms with Crippen molar-refractivity contribution in [3.05, 3.63) is 28.7 Å². The Morgan fingerprint density at radius 1 is 1.62 bits per heavy atom. The van der Waals surface area contributed by atoms with Crippen LogP contribution in [0.5, 0.6) is 0 Å². The first-order valence-electron chi connectivity index (χ1n) is 3.80. The van der Waals surface area contributed by atoms with E-state index in [0.717, 1.165) is 0 Å². The molecule has 1 heterocycles. The molecule has 5 nitrogen and oxygen atoms in total. The Balaban J connectivity index is 2.94. The number of nitrogens with zero attached hydrogens (tertiary/aromatic N) is 1. The second kappa shape index (κ2) is 3.75. The minimum atomic E-state index is -0.238. The van der Waals surface area contributed by atoms with Gasteiger partial charge in [0, 0.05) is 25.0 Å². The fraction of sp³-hybridized carbons (Fsp3) is 0.250. The average Bonchev–Trinajstić information content (AvgIpc) is 2.11. The van der Waals surface area contributed by atoms with Crippen LogP contribution in [0.3, 0.4) is 0 Å². The van der Waals surface area contributed by atoms with Crippen molar-refractivity contribution in [3.63, 3.8) is 0 Å². The Labute approximate surface area is 75.2 Å². The molecule has 0 aromatic carbocycles. The molecule has 1 amide bonds. The van der Waals surface area contributed by atoms with Crippen LogP contribution in [0.15, 0.2) is 23.1 Å². The SMILES string of the molecule is CNC(=O)Cn1cc(N)ccc1=O. The number of hydrogen-bond donors (Lipinski definition) is 2. The fourth-order valence-electron chi connectivity index (χ4n) is 0.907. The van der Waals surface area contributed by atoms with Crippen LogP contribution >= 0.6 is 0 Å². The van der Waals surface area contributed by atoms with Gasteiger partial charge in [-0.3, -0.25) is 9.59 Å². The minimum absolute atomic E-state index is 0.000370. The molecule has 0 spiro atoms. The number of anilines is 1. The minimum Gasteiger partial charge on any atom is -0.398 e. The van der Waals surface area contributed by atoms with Crippen LogP contribution in [0, 0.1) is 0 Å². The van der Waals surface area contributed by atoms with Gasteiger partial charge in [0.2, 0.25) is 5.91 Å². The molecular formula is C8H11N3O2. The molecule has 70 valence electrons. The number of nitrogen functional groups attached to an aromatic ring is 1. The number of pyridine rings is 1. The molecule has 0 saturated carbocycles. The van der Waals surface area contributed by atoms with E-state index in [1.54, 1.807) is 0 Å². The molecule has 0 aliphatic rings. The molecule has 0 radical (unpaired) electrons. The fourth-order valence-corrected chi connectivity index (χ4v) is 0.907. The number of amides is 1. The van der Waals surface area contributed by atoms with Crippen LogP contribution in [0.2, 0.25) is 0 Å². The van der Waals surface area contributed by atoms with Gasteiger partial charge < -0.3 is 15.6 Å². The Kier molecular flexibility index (Phi) is 2.69. The van der Waals surface area contributed by atoms with E-state index in [-0.39, 0.29) is 18.0 Å². The second-order valence-corrected chi connectivity index (χ2v) is 2.60. The lowest BCUT2D eigenvalue weighted by atomic mass is 10.4. The topological polar surface area (TPSA) is 77.1 Å². The first kappa shape index (κ1) is 9.31. The van der Waals surface area contributed by atoms with Crippen molar-refractivity contribution in [2.75, 3.05) is 12.8 Å². The summed E-state index contributed by atoms with van der Waals surface area (Å²) < 4.78 is 1.26. The van der Waals surface area contributed by atoms with Crippen molar-refractivity contribution in [2.45, 2.75) is 6.54 Å². The molecule has 0 fully saturated rings. The van der Waals surface area contributed by atoms with Crippen molar-refractivity contribution < 1.29 is 4.79 Å². The van der Waals surface area contributed by atoms with Gasteiger partial charge in [0.1, 0.15) is 6.54 Å². The highest BCUT2D eigenvalue weighted by Gasteiger charge is 2.01. The van der Waals surface area contributed by atoms with Crippen LogP contribution in [0.25, 0.3) is 0 Å². The highest BCUT2D eigenvalue weighted by Crippen LogP contribution is 1.94. The molecule has 13 heavy (non-hydrogen) atoms. The maximum Gasteiger partial charge on any atom is 0.251 e. The van der Waals surface area contributed by atoms with Gasteiger partial charge >= 0.3 is 0 Å². The van der Waals surface area contributed by atoms with Crippen molar-refractivity contribution >= 4 is 11.6 Å². The van der Waals surface area contributed by atoms with Gasteiger partial charge in [-0.25, -0.2) is 0 Å². The molecule has 5 heteroatoms. The summed E-state index contributed by atoms with van der Waals surface area (Å²) in [6.07, 6.45) is 1.44. The summed E-state index contributed by atoms with van der Waals surface area (Å²) in [5.74, 6) is -0.229. The molecule has 1 aromatic rings. The summed E-state index contributed by atoms with van der Waals surface area (Å²) in [6.45, 7) is 0.000370. The van der Waals surface area contributed by atoms with Gasteiger partial charge in [0.25, 0.3) is 5.56 Å². The van der Waals surface area contributed by atoms with E-state index in [1.165, 1.54) is 29.9 Å². The number of aromatic nitrogens is 1. The van der Waals surface area contributed by atoms with Crippen LogP contribution in [0.1, 0.15) is 0 Å². The van der Waals surface area contributed by atoms with E-state index in [4.69, 9.17) is 5.73 Å². The normalized spacial score (nSPS) is 9.62. The van der Waals surface area contributed by atoms with Gasteiger partial charge in [0.15, 0.2) is 0 Å². The first-order chi connectivity index (χ1) is 6.13. The van der Waals surface area contributed by atoms with Gasteiger partial charge in [0.05, 0.1) is 0 Å². The summed E-state index contributed by atoms with van der Waals surface area (Å²) in [7, 11) is 1.51. The molecular weight excluding hydrogens is 170 g/mol. The molecule has 1 rings (SSSR count). The van der Waals surface area contributed by atoms with Gasteiger partial charge in [-0.1, -0.05) is 0 Å². The van der Waals surface area contributed by atoms with Crippen LogP contribution in [-0.2, 0) is 11.3 Å². The molecule has 0 aliphatic heterocycles. The van der Waals surface area contributed by atoms with Crippen LogP contribution in [0.4, 0.5) is 5.69 Å². The maximum absolute atomic E-state index is 11.2. The molecule has 1 aromatic heterocycles. The molecule has 0 saturated heterocycles.